The molecule has 0 bridgehead atoms. The van der Waals surface area contributed by atoms with Crippen LogP contribution in [0, 0.1) is 11.8 Å². The molecule has 0 fully saturated rings. The van der Waals surface area contributed by atoms with Crippen LogP contribution in [0.2, 0.25) is 0 Å². The van der Waals surface area contributed by atoms with Gasteiger partial charge in [-0.05, 0) is 30.5 Å². The molecule has 0 nitrogen and oxygen atoms in total. The largest absolute Gasteiger partial charge is 0.130 e. The SMILES string of the molecule is CSc1ccc(C#CCCBr)cc1. The van der Waals surface area contributed by atoms with Gasteiger partial charge in [-0.1, -0.05) is 27.8 Å². The lowest BCUT2D eigenvalue weighted by atomic mass is 10.2. The first-order valence-electron chi connectivity index (χ1n) is 4.05. The van der Waals surface area contributed by atoms with E-state index in [4.69, 9.17) is 0 Å². The van der Waals surface area contributed by atoms with Crippen molar-refractivity contribution in [3.05, 3.63) is 29.8 Å². The van der Waals surface area contributed by atoms with Crippen molar-refractivity contribution < 1.29 is 0 Å². The van der Waals surface area contributed by atoms with Crippen LogP contribution in [-0.4, -0.2) is 11.6 Å². The standard InChI is InChI=1S/C11H11BrS/c1-13-11-7-5-10(6-8-11)4-2-3-9-12/h5-8H,3,9H2,1H3. The maximum atomic E-state index is 3.34. The van der Waals surface area contributed by atoms with Crippen LogP contribution in [0.25, 0.3) is 0 Å². The maximum Gasteiger partial charge on any atom is 0.0246 e. The van der Waals surface area contributed by atoms with Crippen molar-refractivity contribution in [2.45, 2.75) is 11.3 Å². The number of thioether (sulfide) groups is 1. The summed E-state index contributed by atoms with van der Waals surface area (Å²) in [5, 5.41) is 0.947. The fraction of sp³-hybridized carbons (Fsp3) is 0.273. The molecular weight excluding hydrogens is 244 g/mol. The summed E-state index contributed by atoms with van der Waals surface area (Å²) in [6, 6.07) is 8.33. The van der Waals surface area contributed by atoms with Crippen molar-refractivity contribution >= 4 is 27.7 Å². The van der Waals surface area contributed by atoms with Gasteiger partial charge in [-0.3, -0.25) is 0 Å². The van der Waals surface area contributed by atoms with E-state index >= 15 is 0 Å². The summed E-state index contributed by atoms with van der Waals surface area (Å²) in [7, 11) is 0. The third-order valence-corrected chi connectivity index (χ3v) is 2.68. The van der Waals surface area contributed by atoms with E-state index in [9.17, 15) is 0 Å². The van der Waals surface area contributed by atoms with Gasteiger partial charge in [0.05, 0.1) is 0 Å². The summed E-state index contributed by atoms with van der Waals surface area (Å²) in [5.41, 5.74) is 1.10. The Morgan fingerprint density at radius 3 is 2.54 bits per heavy atom. The van der Waals surface area contributed by atoms with Crippen molar-refractivity contribution in [3.8, 4) is 11.8 Å². The average molecular weight is 255 g/mol. The molecule has 0 amide bonds. The molecule has 0 aliphatic heterocycles. The zero-order valence-corrected chi connectivity index (χ0v) is 9.91. The monoisotopic (exact) mass is 254 g/mol. The van der Waals surface area contributed by atoms with Gasteiger partial charge in [-0.15, -0.1) is 11.8 Å². The highest BCUT2D eigenvalue weighted by Gasteiger charge is 1.88. The average Bonchev–Trinajstić information content (AvgIpc) is 2.19. The summed E-state index contributed by atoms with van der Waals surface area (Å²) in [5.74, 6) is 6.19. The van der Waals surface area contributed by atoms with E-state index in [0.717, 1.165) is 17.3 Å². The van der Waals surface area contributed by atoms with Crippen molar-refractivity contribution in [2.24, 2.45) is 0 Å². The van der Waals surface area contributed by atoms with Gasteiger partial charge in [0, 0.05) is 22.2 Å². The van der Waals surface area contributed by atoms with Gasteiger partial charge in [0.15, 0.2) is 0 Å². The molecule has 1 aromatic carbocycles. The summed E-state index contributed by atoms with van der Waals surface area (Å²) in [4.78, 5) is 1.28. The number of hydrogen-bond donors (Lipinski definition) is 0. The zero-order valence-electron chi connectivity index (χ0n) is 7.51. The van der Waals surface area contributed by atoms with E-state index in [1.54, 1.807) is 11.8 Å². The molecule has 0 unspecified atom stereocenters. The van der Waals surface area contributed by atoms with Gasteiger partial charge in [-0.2, -0.15) is 0 Å². The van der Waals surface area contributed by atoms with E-state index in [2.05, 4.69) is 58.3 Å². The number of alkyl halides is 1. The molecule has 0 heterocycles. The maximum absolute atomic E-state index is 3.34. The Kier molecular flexibility index (Phi) is 5.03. The van der Waals surface area contributed by atoms with Crippen LogP contribution in [0.4, 0.5) is 0 Å². The molecule has 0 saturated carbocycles. The molecule has 68 valence electrons. The van der Waals surface area contributed by atoms with Crippen LogP contribution in [0.1, 0.15) is 12.0 Å². The van der Waals surface area contributed by atoms with E-state index in [-0.39, 0.29) is 0 Å². The second-order valence-electron chi connectivity index (χ2n) is 2.47. The van der Waals surface area contributed by atoms with E-state index in [0.29, 0.717) is 0 Å². The molecule has 0 aliphatic rings. The van der Waals surface area contributed by atoms with Gasteiger partial charge in [0.25, 0.3) is 0 Å². The van der Waals surface area contributed by atoms with Crippen molar-refractivity contribution in [1.29, 1.82) is 0 Å². The zero-order chi connectivity index (χ0) is 9.52. The Hall–Kier alpha value is -0.390. The van der Waals surface area contributed by atoms with Gasteiger partial charge in [0.2, 0.25) is 0 Å². The molecule has 1 aromatic rings. The predicted molar refractivity (Wildman–Crippen MR) is 63.5 cm³/mol. The number of rotatable bonds is 2. The molecule has 2 heteroatoms. The second kappa shape index (κ2) is 6.12. The summed E-state index contributed by atoms with van der Waals surface area (Å²) in [6.45, 7) is 0. The molecule has 1 rings (SSSR count). The highest BCUT2D eigenvalue weighted by molar-refractivity contribution is 9.09. The molecule has 0 spiro atoms. The van der Waals surface area contributed by atoms with Gasteiger partial charge in [0.1, 0.15) is 0 Å². The second-order valence-corrected chi connectivity index (χ2v) is 4.14. The minimum Gasteiger partial charge on any atom is -0.130 e. The van der Waals surface area contributed by atoms with Crippen LogP contribution < -0.4 is 0 Å². The fourth-order valence-electron chi connectivity index (χ4n) is 0.886. The Morgan fingerprint density at radius 1 is 1.31 bits per heavy atom. The topological polar surface area (TPSA) is 0 Å². The highest BCUT2D eigenvalue weighted by Crippen LogP contribution is 2.14. The molecule has 13 heavy (non-hydrogen) atoms. The van der Waals surface area contributed by atoms with Gasteiger partial charge in [-0.25, -0.2) is 0 Å². The van der Waals surface area contributed by atoms with Crippen molar-refractivity contribution in [1.82, 2.24) is 0 Å². The lowest BCUT2D eigenvalue weighted by Crippen LogP contribution is -1.75. The highest BCUT2D eigenvalue weighted by atomic mass is 79.9. The third-order valence-electron chi connectivity index (χ3n) is 1.54. The fourth-order valence-corrected chi connectivity index (χ4v) is 1.49. The van der Waals surface area contributed by atoms with E-state index < -0.39 is 0 Å². The summed E-state index contributed by atoms with van der Waals surface area (Å²) >= 11 is 5.09. The number of benzene rings is 1. The van der Waals surface area contributed by atoms with Crippen LogP contribution in [0.3, 0.4) is 0 Å². The molecule has 0 N–H and O–H groups in total. The normalized spacial score (nSPS) is 9.08. The predicted octanol–water partition coefficient (Wildman–Crippen LogP) is 3.55. The lowest BCUT2D eigenvalue weighted by Gasteiger charge is -1.94. The smallest absolute Gasteiger partial charge is 0.0246 e. The quantitative estimate of drug-likeness (QED) is 0.442. The Morgan fingerprint density at radius 2 is 2.00 bits per heavy atom. The van der Waals surface area contributed by atoms with Crippen LogP contribution >= 0.6 is 27.7 Å². The Balaban J connectivity index is 2.65. The van der Waals surface area contributed by atoms with Gasteiger partial charge < -0.3 is 0 Å². The van der Waals surface area contributed by atoms with Gasteiger partial charge >= 0.3 is 0 Å². The van der Waals surface area contributed by atoms with Crippen LogP contribution in [0.5, 0.6) is 0 Å². The first kappa shape index (κ1) is 10.7. The first-order chi connectivity index (χ1) is 6.36. The van der Waals surface area contributed by atoms with Crippen molar-refractivity contribution in [2.75, 3.05) is 11.6 Å². The number of halogens is 1. The number of hydrogen-bond acceptors (Lipinski definition) is 1. The lowest BCUT2D eigenvalue weighted by molar-refractivity contribution is 1.32. The summed E-state index contributed by atoms with van der Waals surface area (Å²) < 4.78 is 0. The van der Waals surface area contributed by atoms with E-state index in [1.165, 1.54) is 4.90 Å². The first-order valence-corrected chi connectivity index (χ1v) is 6.40. The molecule has 0 aromatic heterocycles. The molecule has 0 aliphatic carbocycles. The summed E-state index contributed by atoms with van der Waals surface area (Å²) in [6.07, 6.45) is 2.98. The molecule has 0 atom stereocenters. The molecule has 0 saturated heterocycles. The van der Waals surface area contributed by atoms with Crippen LogP contribution in [-0.2, 0) is 0 Å². The Bertz CT molecular complexity index is 305. The molecule has 0 radical (unpaired) electrons. The Labute approximate surface area is 92.2 Å². The molecular formula is C11H11BrS. The van der Waals surface area contributed by atoms with Crippen LogP contribution in [0.15, 0.2) is 29.2 Å². The third kappa shape index (κ3) is 3.89. The van der Waals surface area contributed by atoms with Crippen molar-refractivity contribution in [3.63, 3.8) is 0 Å². The minimum absolute atomic E-state index is 0.907. The van der Waals surface area contributed by atoms with E-state index in [1.807, 2.05) is 0 Å². The minimum atomic E-state index is 0.907.